The van der Waals surface area contributed by atoms with E-state index in [2.05, 4.69) is 17.3 Å². The van der Waals surface area contributed by atoms with Gasteiger partial charge < -0.3 is 5.32 Å². The van der Waals surface area contributed by atoms with E-state index in [9.17, 15) is 4.39 Å². The van der Waals surface area contributed by atoms with E-state index in [1.807, 2.05) is 0 Å². The maximum absolute atomic E-state index is 12.9. The minimum absolute atomic E-state index is 0.277. The highest BCUT2D eigenvalue weighted by Gasteiger charge is 2.18. The molecule has 1 aromatic rings. The van der Waals surface area contributed by atoms with Crippen molar-refractivity contribution in [2.24, 2.45) is 0 Å². The van der Waals surface area contributed by atoms with Gasteiger partial charge in [-0.15, -0.1) is 0 Å². The Labute approximate surface area is 107 Å². The Kier molecular flexibility index (Phi) is 4.37. The third kappa shape index (κ3) is 3.41. The molecular weight excluding hydrogens is 239 g/mol. The number of hydrogen-bond acceptors (Lipinski definition) is 2. The van der Waals surface area contributed by atoms with E-state index in [-0.39, 0.29) is 5.82 Å². The average molecular weight is 257 g/mol. The summed E-state index contributed by atoms with van der Waals surface area (Å²) in [6.07, 6.45) is 2.43. The van der Waals surface area contributed by atoms with Crippen LogP contribution in [0.5, 0.6) is 0 Å². The number of nitrogens with zero attached hydrogens (tertiary/aromatic N) is 1. The third-order valence-electron chi connectivity index (χ3n) is 3.33. The predicted molar refractivity (Wildman–Crippen MR) is 68.8 cm³/mol. The van der Waals surface area contributed by atoms with Gasteiger partial charge in [-0.2, -0.15) is 0 Å². The second-order valence-corrected chi connectivity index (χ2v) is 5.06. The Morgan fingerprint density at radius 1 is 1.53 bits per heavy atom. The van der Waals surface area contributed by atoms with Crippen molar-refractivity contribution in [3.8, 4) is 0 Å². The van der Waals surface area contributed by atoms with Crippen molar-refractivity contribution in [2.75, 3.05) is 20.1 Å². The zero-order chi connectivity index (χ0) is 12.3. The first kappa shape index (κ1) is 12.8. The predicted octanol–water partition coefficient (Wildman–Crippen LogP) is 2.66. The molecule has 1 N–H and O–H groups in total. The molecule has 2 rings (SSSR count). The van der Waals surface area contributed by atoms with Crippen LogP contribution in [0.2, 0.25) is 5.02 Å². The topological polar surface area (TPSA) is 15.3 Å². The molecule has 17 heavy (non-hydrogen) atoms. The standard InChI is InChI=1S/C13H18ClFN2/c1-17(12-3-2-6-16-8-12)9-10-4-5-11(15)7-13(10)14/h4-5,7,12,16H,2-3,6,8-9H2,1H3. The van der Waals surface area contributed by atoms with Gasteiger partial charge in [-0.25, -0.2) is 4.39 Å². The average Bonchev–Trinajstić information content (AvgIpc) is 2.34. The number of halogens is 2. The molecule has 0 amide bonds. The van der Waals surface area contributed by atoms with E-state index in [0.29, 0.717) is 11.1 Å². The van der Waals surface area contributed by atoms with Crippen molar-refractivity contribution in [2.45, 2.75) is 25.4 Å². The molecule has 94 valence electrons. The van der Waals surface area contributed by atoms with Crippen LogP contribution < -0.4 is 5.32 Å². The van der Waals surface area contributed by atoms with Crippen LogP contribution >= 0.6 is 11.6 Å². The van der Waals surface area contributed by atoms with Crippen molar-refractivity contribution in [3.05, 3.63) is 34.6 Å². The Bertz CT molecular complexity index is 378. The molecule has 1 unspecified atom stereocenters. The summed E-state index contributed by atoms with van der Waals surface area (Å²) in [5, 5.41) is 3.91. The normalized spacial score (nSPS) is 20.8. The Morgan fingerprint density at radius 3 is 3.00 bits per heavy atom. The van der Waals surface area contributed by atoms with Crippen molar-refractivity contribution >= 4 is 11.6 Å². The third-order valence-corrected chi connectivity index (χ3v) is 3.68. The second kappa shape index (κ2) is 5.80. The maximum Gasteiger partial charge on any atom is 0.124 e. The fourth-order valence-electron chi connectivity index (χ4n) is 2.26. The summed E-state index contributed by atoms with van der Waals surface area (Å²) in [7, 11) is 2.09. The molecule has 1 heterocycles. The van der Waals surface area contributed by atoms with Crippen molar-refractivity contribution in [3.63, 3.8) is 0 Å². The summed E-state index contributed by atoms with van der Waals surface area (Å²) < 4.78 is 12.9. The summed E-state index contributed by atoms with van der Waals surface area (Å²) in [6.45, 7) is 2.91. The number of benzene rings is 1. The molecular formula is C13H18ClFN2. The van der Waals surface area contributed by atoms with Gasteiger partial charge in [0.15, 0.2) is 0 Å². The lowest BCUT2D eigenvalue weighted by Crippen LogP contribution is -2.43. The van der Waals surface area contributed by atoms with Crippen LogP contribution in [0.3, 0.4) is 0 Å². The molecule has 0 spiro atoms. The van der Waals surface area contributed by atoms with Gasteiger partial charge in [-0.3, -0.25) is 4.90 Å². The molecule has 4 heteroatoms. The van der Waals surface area contributed by atoms with Gasteiger partial charge >= 0.3 is 0 Å². The SMILES string of the molecule is CN(Cc1ccc(F)cc1Cl)C1CCCNC1. The van der Waals surface area contributed by atoms with Crippen LogP contribution in [0.4, 0.5) is 4.39 Å². The molecule has 0 aliphatic carbocycles. The van der Waals surface area contributed by atoms with E-state index in [4.69, 9.17) is 11.6 Å². The Balaban J connectivity index is 1.99. The zero-order valence-corrected chi connectivity index (χ0v) is 10.8. The zero-order valence-electron chi connectivity index (χ0n) is 10.0. The molecule has 1 fully saturated rings. The van der Waals surface area contributed by atoms with Gasteiger partial charge in [0.25, 0.3) is 0 Å². The van der Waals surface area contributed by atoms with Gasteiger partial charge in [-0.05, 0) is 44.1 Å². The Morgan fingerprint density at radius 2 is 2.35 bits per heavy atom. The molecule has 0 bridgehead atoms. The molecule has 1 aliphatic rings. The fourth-order valence-corrected chi connectivity index (χ4v) is 2.48. The highest BCUT2D eigenvalue weighted by Crippen LogP contribution is 2.20. The summed E-state index contributed by atoms with van der Waals surface area (Å²) in [4.78, 5) is 2.28. The van der Waals surface area contributed by atoms with Crippen LogP contribution in [0.1, 0.15) is 18.4 Å². The molecule has 0 saturated carbocycles. The van der Waals surface area contributed by atoms with Crippen molar-refractivity contribution in [1.29, 1.82) is 0 Å². The lowest BCUT2D eigenvalue weighted by Gasteiger charge is -2.31. The number of likely N-dealkylation sites (N-methyl/N-ethyl adjacent to an activating group) is 1. The number of piperidine rings is 1. The van der Waals surface area contributed by atoms with Crippen LogP contribution in [0.15, 0.2) is 18.2 Å². The number of hydrogen-bond donors (Lipinski definition) is 1. The molecule has 1 aromatic carbocycles. The van der Waals surface area contributed by atoms with E-state index >= 15 is 0 Å². The lowest BCUT2D eigenvalue weighted by molar-refractivity contribution is 0.196. The molecule has 1 atom stereocenters. The molecule has 0 aromatic heterocycles. The van der Waals surface area contributed by atoms with Gasteiger partial charge in [0.2, 0.25) is 0 Å². The van der Waals surface area contributed by atoms with Crippen LogP contribution in [0, 0.1) is 5.82 Å². The molecule has 1 saturated heterocycles. The molecule has 0 radical (unpaired) electrons. The lowest BCUT2D eigenvalue weighted by atomic mass is 10.1. The Hall–Kier alpha value is -0.640. The van der Waals surface area contributed by atoms with E-state index in [1.54, 1.807) is 6.07 Å². The first-order valence-electron chi connectivity index (χ1n) is 6.01. The van der Waals surface area contributed by atoms with Gasteiger partial charge in [-0.1, -0.05) is 17.7 Å². The van der Waals surface area contributed by atoms with Crippen LogP contribution in [-0.2, 0) is 6.54 Å². The smallest absolute Gasteiger partial charge is 0.124 e. The highest BCUT2D eigenvalue weighted by atomic mass is 35.5. The second-order valence-electron chi connectivity index (χ2n) is 4.65. The number of rotatable bonds is 3. The molecule has 2 nitrogen and oxygen atoms in total. The minimum Gasteiger partial charge on any atom is -0.315 e. The van der Waals surface area contributed by atoms with E-state index in [0.717, 1.165) is 25.2 Å². The maximum atomic E-state index is 12.9. The molecule has 1 aliphatic heterocycles. The van der Waals surface area contributed by atoms with Crippen LogP contribution in [0.25, 0.3) is 0 Å². The van der Waals surface area contributed by atoms with E-state index < -0.39 is 0 Å². The number of nitrogens with one attached hydrogen (secondary N) is 1. The van der Waals surface area contributed by atoms with Gasteiger partial charge in [0.1, 0.15) is 5.82 Å². The summed E-state index contributed by atoms with van der Waals surface area (Å²) in [5.41, 5.74) is 0.987. The van der Waals surface area contributed by atoms with Crippen molar-refractivity contribution in [1.82, 2.24) is 10.2 Å². The monoisotopic (exact) mass is 256 g/mol. The summed E-state index contributed by atoms with van der Waals surface area (Å²) in [5.74, 6) is -0.277. The van der Waals surface area contributed by atoms with Gasteiger partial charge in [0.05, 0.1) is 0 Å². The summed E-state index contributed by atoms with van der Waals surface area (Å²) in [6, 6.07) is 5.16. The summed E-state index contributed by atoms with van der Waals surface area (Å²) >= 11 is 6.03. The van der Waals surface area contributed by atoms with Gasteiger partial charge in [0, 0.05) is 24.2 Å². The van der Waals surface area contributed by atoms with E-state index in [1.165, 1.54) is 25.0 Å². The first-order valence-corrected chi connectivity index (χ1v) is 6.39. The first-order chi connectivity index (χ1) is 8.16. The largest absolute Gasteiger partial charge is 0.315 e. The fraction of sp³-hybridized carbons (Fsp3) is 0.538. The minimum atomic E-state index is -0.277. The highest BCUT2D eigenvalue weighted by molar-refractivity contribution is 6.31. The van der Waals surface area contributed by atoms with Crippen LogP contribution in [-0.4, -0.2) is 31.1 Å². The quantitative estimate of drug-likeness (QED) is 0.895. The van der Waals surface area contributed by atoms with Crippen molar-refractivity contribution < 1.29 is 4.39 Å².